The summed E-state index contributed by atoms with van der Waals surface area (Å²) < 4.78 is 5.24. The SMILES string of the molecule is CCOCCC(=O)C1CCCc2cccnc21. The third-order valence-electron chi connectivity index (χ3n) is 3.28. The van der Waals surface area contributed by atoms with Gasteiger partial charge in [-0.3, -0.25) is 9.78 Å². The van der Waals surface area contributed by atoms with Gasteiger partial charge in [-0.1, -0.05) is 6.07 Å². The number of nitrogens with zero attached hydrogens (tertiary/aromatic N) is 1. The fraction of sp³-hybridized carbons (Fsp3) is 0.571. The Balaban J connectivity index is 2.05. The van der Waals surface area contributed by atoms with Gasteiger partial charge in [0.2, 0.25) is 0 Å². The molecule has 0 aromatic carbocycles. The fourth-order valence-corrected chi connectivity index (χ4v) is 2.41. The Labute approximate surface area is 102 Å². The first kappa shape index (κ1) is 12.2. The average Bonchev–Trinajstić information content (AvgIpc) is 2.38. The van der Waals surface area contributed by atoms with Crippen LogP contribution in [0.3, 0.4) is 0 Å². The second kappa shape index (κ2) is 5.92. The summed E-state index contributed by atoms with van der Waals surface area (Å²) in [5.41, 5.74) is 2.24. The van der Waals surface area contributed by atoms with E-state index in [0.29, 0.717) is 19.6 Å². The van der Waals surface area contributed by atoms with Gasteiger partial charge in [0.05, 0.1) is 18.2 Å². The molecule has 0 spiro atoms. The molecule has 3 nitrogen and oxygen atoms in total. The van der Waals surface area contributed by atoms with E-state index in [1.807, 2.05) is 13.0 Å². The summed E-state index contributed by atoms with van der Waals surface area (Å²) >= 11 is 0. The number of aryl methyl sites for hydroxylation is 1. The summed E-state index contributed by atoms with van der Waals surface area (Å²) in [6.45, 7) is 3.16. The lowest BCUT2D eigenvalue weighted by Gasteiger charge is -2.23. The van der Waals surface area contributed by atoms with Crippen LogP contribution >= 0.6 is 0 Å². The zero-order valence-corrected chi connectivity index (χ0v) is 10.3. The molecule has 2 rings (SSSR count). The largest absolute Gasteiger partial charge is 0.381 e. The van der Waals surface area contributed by atoms with Gasteiger partial charge in [0.15, 0.2) is 0 Å². The highest BCUT2D eigenvalue weighted by molar-refractivity contribution is 5.85. The van der Waals surface area contributed by atoms with Gasteiger partial charge in [-0.05, 0) is 37.8 Å². The van der Waals surface area contributed by atoms with Gasteiger partial charge in [0.25, 0.3) is 0 Å². The third-order valence-corrected chi connectivity index (χ3v) is 3.28. The van der Waals surface area contributed by atoms with E-state index in [4.69, 9.17) is 4.74 Å². The van der Waals surface area contributed by atoms with Crippen LogP contribution < -0.4 is 0 Å². The van der Waals surface area contributed by atoms with E-state index in [-0.39, 0.29) is 11.7 Å². The maximum atomic E-state index is 12.1. The number of rotatable bonds is 5. The first-order valence-electron chi connectivity index (χ1n) is 6.37. The van der Waals surface area contributed by atoms with Gasteiger partial charge in [0, 0.05) is 19.2 Å². The van der Waals surface area contributed by atoms with Crippen LogP contribution in [0, 0.1) is 0 Å². The maximum Gasteiger partial charge on any atom is 0.144 e. The zero-order valence-electron chi connectivity index (χ0n) is 10.3. The highest BCUT2D eigenvalue weighted by Gasteiger charge is 2.26. The summed E-state index contributed by atoms with van der Waals surface area (Å²) in [6, 6.07) is 4.04. The van der Waals surface area contributed by atoms with Crippen molar-refractivity contribution >= 4 is 5.78 Å². The summed E-state index contributed by atoms with van der Waals surface area (Å²) in [5.74, 6) is 0.276. The highest BCUT2D eigenvalue weighted by atomic mass is 16.5. The number of ether oxygens (including phenoxy) is 1. The minimum atomic E-state index is 0.000376. The van der Waals surface area contributed by atoms with Crippen LogP contribution in [0.5, 0.6) is 0 Å². The van der Waals surface area contributed by atoms with Crippen LogP contribution in [0.2, 0.25) is 0 Å². The number of ketones is 1. The van der Waals surface area contributed by atoms with Crippen LogP contribution in [-0.2, 0) is 16.0 Å². The third kappa shape index (κ3) is 2.91. The number of aromatic nitrogens is 1. The molecule has 1 aromatic rings. The lowest BCUT2D eigenvalue weighted by molar-refractivity contribution is -0.121. The molecule has 0 N–H and O–H groups in total. The Morgan fingerprint density at radius 1 is 1.59 bits per heavy atom. The van der Waals surface area contributed by atoms with Gasteiger partial charge in [-0.2, -0.15) is 0 Å². The summed E-state index contributed by atoms with van der Waals surface area (Å²) in [5, 5.41) is 0. The lowest BCUT2D eigenvalue weighted by Crippen LogP contribution is -2.21. The van der Waals surface area contributed by atoms with Crippen LogP contribution in [0.15, 0.2) is 18.3 Å². The van der Waals surface area contributed by atoms with Gasteiger partial charge in [0.1, 0.15) is 5.78 Å². The number of Topliss-reactive ketones (excluding diaryl/α,β-unsaturated/α-hetero) is 1. The number of hydrogen-bond donors (Lipinski definition) is 0. The first-order chi connectivity index (χ1) is 8.33. The topological polar surface area (TPSA) is 39.2 Å². The molecule has 0 saturated carbocycles. The van der Waals surface area contributed by atoms with E-state index in [0.717, 1.165) is 25.0 Å². The van der Waals surface area contributed by atoms with Gasteiger partial charge < -0.3 is 4.74 Å². The second-order valence-electron chi connectivity index (χ2n) is 4.41. The monoisotopic (exact) mass is 233 g/mol. The summed E-state index contributed by atoms with van der Waals surface area (Å²) in [4.78, 5) is 16.5. The quantitative estimate of drug-likeness (QED) is 0.733. The molecule has 1 atom stereocenters. The van der Waals surface area contributed by atoms with Crippen molar-refractivity contribution in [1.29, 1.82) is 0 Å². The molecule has 0 saturated heterocycles. The summed E-state index contributed by atoms with van der Waals surface area (Å²) in [7, 11) is 0. The second-order valence-corrected chi connectivity index (χ2v) is 4.41. The van der Waals surface area contributed by atoms with E-state index in [2.05, 4.69) is 11.1 Å². The molecule has 3 heteroatoms. The minimum absolute atomic E-state index is 0.000376. The predicted octanol–water partition coefficient (Wildman–Crippen LogP) is 2.50. The molecule has 1 aliphatic rings. The molecule has 0 fully saturated rings. The minimum Gasteiger partial charge on any atom is -0.381 e. The predicted molar refractivity (Wildman–Crippen MR) is 66.0 cm³/mol. The van der Waals surface area contributed by atoms with Crippen molar-refractivity contribution in [2.24, 2.45) is 0 Å². The molecule has 0 aliphatic heterocycles. The van der Waals surface area contributed by atoms with E-state index < -0.39 is 0 Å². The van der Waals surface area contributed by atoms with Crippen LogP contribution in [0.1, 0.15) is 43.4 Å². The standard InChI is InChI=1S/C14H19NO2/c1-2-17-10-8-13(16)12-7-3-5-11-6-4-9-15-14(11)12/h4,6,9,12H,2-3,5,7-8,10H2,1H3. The first-order valence-corrected chi connectivity index (χ1v) is 6.37. The smallest absolute Gasteiger partial charge is 0.144 e. The van der Waals surface area contributed by atoms with Crippen molar-refractivity contribution in [1.82, 2.24) is 4.98 Å². The van der Waals surface area contributed by atoms with Crippen LogP contribution in [-0.4, -0.2) is 24.0 Å². The normalized spacial score (nSPS) is 18.8. The molecule has 1 aliphatic carbocycles. The van der Waals surface area contributed by atoms with E-state index in [1.54, 1.807) is 6.20 Å². The van der Waals surface area contributed by atoms with Crippen molar-refractivity contribution in [3.63, 3.8) is 0 Å². The van der Waals surface area contributed by atoms with Gasteiger partial charge in [-0.25, -0.2) is 0 Å². The molecular formula is C14H19NO2. The molecule has 0 radical (unpaired) electrons. The van der Waals surface area contributed by atoms with E-state index in [1.165, 1.54) is 5.56 Å². The fourth-order valence-electron chi connectivity index (χ4n) is 2.41. The molecule has 17 heavy (non-hydrogen) atoms. The Morgan fingerprint density at radius 3 is 3.29 bits per heavy atom. The zero-order chi connectivity index (χ0) is 12.1. The Bertz CT molecular complexity index is 390. The number of carbonyl (C=O) groups is 1. The number of carbonyl (C=O) groups excluding carboxylic acids is 1. The van der Waals surface area contributed by atoms with Crippen LogP contribution in [0.4, 0.5) is 0 Å². The lowest BCUT2D eigenvalue weighted by atomic mass is 9.83. The molecule has 1 heterocycles. The van der Waals surface area contributed by atoms with Gasteiger partial charge >= 0.3 is 0 Å². The number of pyridine rings is 1. The molecular weight excluding hydrogens is 214 g/mol. The van der Waals surface area contributed by atoms with Crippen molar-refractivity contribution < 1.29 is 9.53 Å². The van der Waals surface area contributed by atoms with E-state index in [9.17, 15) is 4.79 Å². The van der Waals surface area contributed by atoms with Gasteiger partial charge in [-0.15, -0.1) is 0 Å². The molecule has 92 valence electrons. The Morgan fingerprint density at radius 2 is 2.47 bits per heavy atom. The molecule has 1 unspecified atom stereocenters. The highest BCUT2D eigenvalue weighted by Crippen LogP contribution is 2.31. The van der Waals surface area contributed by atoms with Crippen molar-refractivity contribution in [3.8, 4) is 0 Å². The van der Waals surface area contributed by atoms with E-state index >= 15 is 0 Å². The van der Waals surface area contributed by atoms with Crippen molar-refractivity contribution in [2.45, 2.75) is 38.5 Å². The van der Waals surface area contributed by atoms with Crippen LogP contribution in [0.25, 0.3) is 0 Å². The Hall–Kier alpha value is -1.22. The summed E-state index contributed by atoms with van der Waals surface area (Å²) in [6.07, 6.45) is 5.37. The average molecular weight is 233 g/mol. The van der Waals surface area contributed by atoms with Crippen molar-refractivity contribution in [2.75, 3.05) is 13.2 Å². The molecule has 1 aromatic heterocycles. The maximum absolute atomic E-state index is 12.1. The molecule has 0 amide bonds. The molecule has 0 bridgehead atoms. The number of fused-ring (bicyclic) bond motifs is 1. The Kier molecular flexibility index (Phi) is 4.26. The van der Waals surface area contributed by atoms with Crippen molar-refractivity contribution in [3.05, 3.63) is 29.6 Å². The number of hydrogen-bond acceptors (Lipinski definition) is 3.